The molecule has 2 saturated heterocycles. The molecule has 1 aromatic rings. The minimum Gasteiger partial charge on any atom is -0.485 e. The molecule has 3 aliphatic rings. The highest BCUT2D eigenvalue weighted by atomic mass is 19.4. The molecule has 194 valence electrons. The third kappa shape index (κ3) is 6.00. The molecule has 35 heavy (non-hydrogen) atoms. The molecule has 3 heterocycles. The molecular weight excluding hydrogens is 470 g/mol. The summed E-state index contributed by atoms with van der Waals surface area (Å²) in [4.78, 5) is 14.7. The predicted octanol–water partition coefficient (Wildman–Crippen LogP) is 4.51. The van der Waals surface area contributed by atoms with E-state index in [2.05, 4.69) is 24.5 Å². The second-order valence-corrected chi connectivity index (χ2v) is 9.37. The Morgan fingerprint density at radius 3 is 2.63 bits per heavy atom. The SMILES string of the molecule is CCC1(CC)CN(C2NC(C(=O)Nc3ccc(OC4CCCOC4)c(F)c3)=C(CC(F)(F)F)O2)C1. The van der Waals surface area contributed by atoms with E-state index < -0.39 is 36.4 Å². The van der Waals surface area contributed by atoms with Crippen LogP contribution in [0.15, 0.2) is 29.7 Å². The Labute approximate surface area is 201 Å². The fourth-order valence-electron chi connectivity index (χ4n) is 4.63. The average Bonchev–Trinajstić information content (AvgIpc) is 3.18. The van der Waals surface area contributed by atoms with Crippen molar-refractivity contribution in [3.8, 4) is 5.75 Å². The standard InChI is InChI=1S/C24H31F4N3O4/c1-3-23(4-2)13-31(14-23)22-30-20(19(35-22)11-24(26,27)28)21(32)29-15-7-8-18(17(25)10-15)34-16-6-5-9-33-12-16/h7-8,10,16,22,30H,3-6,9,11-14H2,1-2H3,(H,29,32). The molecule has 7 nitrogen and oxygen atoms in total. The van der Waals surface area contributed by atoms with Crippen LogP contribution in [0.4, 0.5) is 23.2 Å². The van der Waals surface area contributed by atoms with Crippen molar-refractivity contribution >= 4 is 11.6 Å². The second-order valence-electron chi connectivity index (χ2n) is 9.37. The van der Waals surface area contributed by atoms with Gasteiger partial charge in [0.15, 0.2) is 11.6 Å². The van der Waals surface area contributed by atoms with E-state index in [1.54, 1.807) is 0 Å². The Morgan fingerprint density at radius 1 is 1.29 bits per heavy atom. The van der Waals surface area contributed by atoms with Crippen molar-refractivity contribution in [2.75, 3.05) is 31.6 Å². The molecule has 2 unspecified atom stereocenters. The van der Waals surface area contributed by atoms with E-state index in [9.17, 15) is 22.4 Å². The minimum absolute atomic E-state index is 0.0194. The van der Waals surface area contributed by atoms with Crippen LogP contribution in [-0.4, -0.2) is 55.7 Å². The number of amides is 1. The number of hydrogen-bond acceptors (Lipinski definition) is 6. The van der Waals surface area contributed by atoms with E-state index in [4.69, 9.17) is 14.2 Å². The molecule has 2 atom stereocenters. The first-order chi connectivity index (χ1) is 16.6. The summed E-state index contributed by atoms with van der Waals surface area (Å²) in [6.45, 7) is 6.49. The van der Waals surface area contributed by atoms with Gasteiger partial charge in [-0.15, -0.1) is 0 Å². The van der Waals surface area contributed by atoms with Gasteiger partial charge in [-0.1, -0.05) is 13.8 Å². The first kappa shape index (κ1) is 25.6. The summed E-state index contributed by atoms with van der Waals surface area (Å²) in [5.74, 6) is -1.99. The van der Waals surface area contributed by atoms with Crippen LogP contribution in [0.5, 0.6) is 5.75 Å². The molecule has 0 aliphatic carbocycles. The van der Waals surface area contributed by atoms with Gasteiger partial charge in [-0.3, -0.25) is 4.79 Å². The molecule has 1 amide bonds. The lowest BCUT2D eigenvalue weighted by atomic mass is 9.75. The number of anilines is 1. The summed E-state index contributed by atoms with van der Waals surface area (Å²) in [6.07, 6.45) is -3.60. The number of nitrogens with zero attached hydrogens (tertiary/aromatic N) is 1. The molecule has 1 aromatic carbocycles. The number of likely N-dealkylation sites (tertiary alicyclic amines) is 1. The zero-order valence-electron chi connectivity index (χ0n) is 19.8. The lowest BCUT2D eigenvalue weighted by molar-refractivity contribution is -0.152. The number of alkyl halides is 3. The molecule has 3 aliphatic heterocycles. The number of rotatable bonds is 8. The quantitative estimate of drug-likeness (QED) is 0.511. The highest BCUT2D eigenvalue weighted by molar-refractivity contribution is 6.04. The van der Waals surface area contributed by atoms with Gasteiger partial charge in [-0.25, -0.2) is 9.29 Å². The molecule has 0 aromatic heterocycles. The molecular formula is C24H31F4N3O4. The topological polar surface area (TPSA) is 72.1 Å². The fraction of sp³-hybridized carbons (Fsp3) is 0.625. The number of ether oxygens (including phenoxy) is 3. The molecule has 0 bridgehead atoms. The van der Waals surface area contributed by atoms with Crippen molar-refractivity contribution < 1.29 is 36.6 Å². The molecule has 0 saturated carbocycles. The van der Waals surface area contributed by atoms with Gasteiger partial charge in [0.2, 0.25) is 6.35 Å². The van der Waals surface area contributed by atoms with Crippen LogP contribution in [-0.2, 0) is 14.3 Å². The summed E-state index contributed by atoms with van der Waals surface area (Å²) >= 11 is 0. The normalized spacial score (nSPS) is 24.4. The zero-order chi connectivity index (χ0) is 25.2. The summed E-state index contributed by atoms with van der Waals surface area (Å²) in [6, 6.07) is 3.88. The molecule has 0 radical (unpaired) electrons. The van der Waals surface area contributed by atoms with Crippen molar-refractivity contribution in [2.24, 2.45) is 5.41 Å². The third-order valence-electron chi connectivity index (χ3n) is 6.90. The van der Waals surface area contributed by atoms with E-state index in [1.165, 1.54) is 12.1 Å². The van der Waals surface area contributed by atoms with E-state index >= 15 is 0 Å². The summed E-state index contributed by atoms with van der Waals surface area (Å²) in [7, 11) is 0. The van der Waals surface area contributed by atoms with Crippen LogP contribution >= 0.6 is 0 Å². The van der Waals surface area contributed by atoms with Crippen molar-refractivity contribution in [1.82, 2.24) is 10.2 Å². The minimum atomic E-state index is -4.56. The smallest absolute Gasteiger partial charge is 0.396 e. The number of nitrogens with one attached hydrogen (secondary N) is 2. The highest BCUT2D eigenvalue weighted by Gasteiger charge is 2.47. The van der Waals surface area contributed by atoms with E-state index in [-0.39, 0.29) is 28.7 Å². The Morgan fingerprint density at radius 2 is 2.03 bits per heavy atom. The van der Waals surface area contributed by atoms with Crippen molar-refractivity contribution in [3.05, 3.63) is 35.5 Å². The van der Waals surface area contributed by atoms with Crippen LogP contribution in [0.3, 0.4) is 0 Å². The predicted molar refractivity (Wildman–Crippen MR) is 120 cm³/mol. The number of benzene rings is 1. The Kier molecular flexibility index (Phi) is 7.46. The molecule has 4 rings (SSSR count). The summed E-state index contributed by atoms with van der Waals surface area (Å²) < 4.78 is 70.5. The largest absolute Gasteiger partial charge is 0.485 e. The van der Waals surface area contributed by atoms with Crippen LogP contribution in [0.2, 0.25) is 0 Å². The zero-order valence-corrected chi connectivity index (χ0v) is 19.8. The van der Waals surface area contributed by atoms with Gasteiger partial charge in [0.1, 0.15) is 24.0 Å². The van der Waals surface area contributed by atoms with E-state index in [1.807, 2.05) is 4.90 Å². The number of halogens is 4. The number of allylic oxidation sites excluding steroid dienone is 1. The van der Waals surface area contributed by atoms with Gasteiger partial charge in [-0.05, 0) is 43.2 Å². The van der Waals surface area contributed by atoms with Gasteiger partial charge >= 0.3 is 6.18 Å². The third-order valence-corrected chi connectivity index (χ3v) is 6.90. The number of carbonyl (C=O) groups is 1. The monoisotopic (exact) mass is 501 g/mol. The number of hydrogen-bond donors (Lipinski definition) is 2. The average molecular weight is 502 g/mol. The summed E-state index contributed by atoms with van der Waals surface area (Å²) in [5, 5.41) is 5.25. The lowest BCUT2D eigenvalue weighted by Crippen LogP contribution is -2.62. The Balaban J connectivity index is 1.43. The molecule has 0 spiro atoms. The maximum absolute atomic E-state index is 14.6. The Hall–Kier alpha value is -2.53. The number of carbonyl (C=O) groups excluding carboxylic acids is 1. The van der Waals surface area contributed by atoms with Gasteiger partial charge in [0.05, 0.1) is 6.61 Å². The van der Waals surface area contributed by atoms with Crippen molar-refractivity contribution in [2.45, 2.75) is 64.6 Å². The summed E-state index contributed by atoms with van der Waals surface area (Å²) in [5.41, 5.74) is -0.118. The van der Waals surface area contributed by atoms with Crippen molar-refractivity contribution in [1.29, 1.82) is 0 Å². The highest BCUT2D eigenvalue weighted by Crippen LogP contribution is 2.40. The van der Waals surface area contributed by atoms with Gasteiger partial charge in [-0.2, -0.15) is 13.2 Å². The molecule has 11 heteroatoms. The van der Waals surface area contributed by atoms with Crippen LogP contribution < -0.4 is 15.4 Å². The molecule has 2 fully saturated rings. The van der Waals surface area contributed by atoms with Crippen LogP contribution in [0.1, 0.15) is 46.0 Å². The van der Waals surface area contributed by atoms with Gasteiger partial charge in [0, 0.05) is 31.5 Å². The van der Waals surface area contributed by atoms with E-state index in [0.717, 1.165) is 31.7 Å². The Bertz CT molecular complexity index is 951. The molecule has 2 N–H and O–H groups in total. The van der Waals surface area contributed by atoms with Crippen molar-refractivity contribution in [3.63, 3.8) is 0 Å². The first-order valence-corrected chi connectivity index (χ1v) is 11.9. The maximum atomic E-state index is 14.6. The first-order valence-electron chi connectivity index (χ1n) is 11.9. The van der Waals surface area contributed by atoms with Crippen LogP contribution in [0, 0.1) is 11.2 Å². The van der Waals surface area contributed by atoms with Gasteiger partial charge < -0.3 is 24.8 Å². The van der Waals surface area contributed by atoms with Crippen LogP contribution in [0.25, 0.3) is 0 Å². The van der Waals surface area contributed by atoms with Gasteiger partial charge in [0.25, 0.3) is 5.91 Å². The second kappa shape index (κ2) is 10.2. The fourth-order valence-corrected chi connectivity index (χ4v) is 4.63. The maximum Gasteiger partial charge on any atom is 0.396 e. The van der Waals surface area contributed by atoms with E-state index in [0.29, 0.717) is 26.3 Å². The lowest BCUT2D eigenvalue weighted by Gasteiger charge is -2.51.